The summed E-state index contributed by atoms with van der Waals surface area (Å²) >= 11 is 5.87. The summed E-state index contributed by atoms with van der Waals surface area (Å²) in [7, 11) is 0. The average molecular weight is 247 g/mol. The van der Waals surface area contributed by atoms with Gasteiger partial charge in [0.15, 0.2) is 0 Å². The van der Waals surface area contributed by atoms with E-state index in [9.17, 15) is 0 Å². The number of hydrogen-bond donors (Lipinski definition) is 2. The number of rotatable bonds is 2. The molecule has 2 aromatic rings. The second-order valence-electron chi connectivity index (χ2n) is 4.16. The topological polar surface area (TPSA) is 52.0 Å². The zero-order valence-corrected chi connectivity index (χ0v) is 10.4. The molecular formula is C14H15ClN2. The van der Waals surface area contributed by atoms with Gasteiger partial charge in [0.1, 0.15) is 0 Å². The fourth-order valence-electron chi connectivity index (χ4n) is 1.92. The maximum Gasteiger partial charge on any atom is 0.0406 e. The van der Waals surface area contributed by atoms with E-state index in [2.05, 4.69) is 6.92 Å². The predicted molar refractivity (Wildman–Crippen MR) is 74.2 cm³/mol. The van der Waals surface area contributed by atoms with Crippen LogP contribution in [0.2, 0.25) is 5.02 Å². The molecule has 0 fully saturated rings. The lowest BCUT2D eigenvalue weighted by atomic mass is 9.92. The van der Waals surface area contributed by atoms with Crippen molar-refractivity contribution < 1.29 is 0 Å². The minimum absolute atomic E-state index is 0.230. The van der Waals surface area contributed by atoms with Crippen LogP contribution in [0.5, 0.6) is 0 Å². The third kappa shape index (κ3) is 2.53. The molecule has 88 valence electrons. The Kier molecular flexibility index (Phi) is 3.25. The summed E-state index contributed by atoms with van der Waals surface area (Å²) in [6.07, 6.45) is 0. The van der Waals surface area contributed by atoms with Crippen LogP contribution in [0.3, 0.4) is 0 Å². The summed E-state index contributed by atoms with van der Waals surface area (Å²) < 4.78 is 0. The highest BCUT2D eigenvalue weighted by Gasteiger charge is 2.11. The molecule has 0 aliphatic heterocycles. The monoisotopic (exact) mass is 246 g/mol. The van der Waals surface area contributed by atoms with Gasteiger partial charge >= 0.3 is 0 Å². The molecule has 0 amide bonds. The lowest BCUT2D eigenvalue weighted by Crippen LogP contribution is -2.02. The molecule has 2 nitrogen and oxygen atoms in total. The number of benzene rings is 2. The van der Waals surface area contributed by atoms with Crippen LogP contribution >= 0.6 is 11.6 Å². The second-order valence-corrected chi connectivity index (χ2v) is 4.60. The summed E-state index contributed by atoms with van der Waals surface area (Å²) in [5, 5.41) is 0.742. The first-order valence-corrected chi connectivity index (χ1v) is 5.86. The predicted octanol–water partition coefficient (Wildman–Crippen LogP) is 3.66. The van der Waals surface area contributed by atoms with Gasteiger partial charge in [0.2, 0.25) is 0 Å². The Hall–Kier alpha value is -1.67. The fraction of sp³-hybridized carbons (Fsp3) is 0.143. The number of anilines is 2. The summed E-state index contributed by atoms with van der Waals surface area (Å²) in [6, 6.07) is 13.5. The molecule has 1 unspecified atom stereocenters. The Morgan fingerprint density at radius 2 is 1.65 bits per heavy atom. The van der Waals surface area contributed by atoms with E-state index in [1.165, 1.54) is 5.56 Å². The summed E-state index contributed by atoms with van der Waals surface area (Å²) in [5.74, 6) is 0.230. The van der Waals surface area contributed by atoms with Crippen molar-refractivity contribution in [3.8, 4) is 0 Å². The molecule has 0 aromatic heterocycles. The first-order chi connectivity index (χ1) is 8.08. The van der Waals surface area contributed by atoms with E-state index < -0.39 is 0 Å². The van der Waals surface area contributed by atoms with Crippen LogP contribution in [-0.4, -0.2) is 0 Å². The number of hydrogen-bond acceptors (Lipinski definition) is 2. The maximum atomic E-state index is 5.98. The van der Waals surface area contributed by atoms with Crippen molar-refractivity contribution in [1.82, 2.24) is 0 Å². The third-order valence-corrected chi connectivity index (χ3v) is 3.20. The van der Waals surface area contributed by atoms with Gasteiger partial charge in [-0.25, -0.2) is 0 Å². The van der Waals surface area contributed by atoms with Gasteiger partial charge < -0.3 is 11.5 Å². The molecular weight excluding hydrogens is 232 g/mol. The fourth-order valence-corrected chi connectivity index (χ4v) is 2.04. The van der Waals surface area contributed by atoms with E-state index in [1.54, 1.807) is 6.07 Å². The van der Waals surface area contributed by atoms with E-state index in [1.807, 2.05) is 36.4 Å². The number of nitrogens with two attached hydrogens (primary N) is 2. The van der Waals surface area contributed by atoms with E-state index in [0.29, 0.717) is 5.69 Å². The first-order valence-electron chi connectivity index (χ1n) is 5.48. The molecule has 3 heteroatoms. The molecule has 0 bridgehead atoms. The van der Waals surface area contributed by atoms with Crippen LogP contribution in [0.15, 0.2) is 42.5 Å². The van der Waals surface area contributed by atoms with Crippen molar-refractivity contribution in [1.29, 1.82) is 0 Å². The highest BCUT2D eigenvalue weighted by Crippen LogP contribution is 2.30. The first kappa shape index (κ1) is 11.8. The van der Waals surface area contributed by atoms with Gasteiger partial charge in [0, 0.05) is 22.3 Å². The van der Waals surface area contributed by atoms with E-state index in [-0.39, 0.29) is 5.92 Å². The molecule has 0 radical (unpaired) electrons. The van der Waals surface area contributed by atoms with Gasteiger partial charge in [-0.2, -0.15) is 0 Å². The van der Waals surface area contributed by atoms with Crippen LogP contribution in [0, 0.1) is 0 Å². The van der Waals surface area contributed by atoms with Crippen molar-refractivity contribution in [2.75, 3.05) is 11.5 Å². The van der Waals surface area contributed by atoms with Crippen LogP contribution in [0.25, 0.3) is 0 Å². The summed E-state index contributed by atoms with van der Waals surface area (Å²) in [4.78, 5) is 0. The maximum absolute atomic E-state index is 5.98. The van der Waals surface area contributed by atoms with Crippen LogP contribution in [-0.2, 0) is 0 Å². The lowest BCUT2D eigenvalue weighted by molar-refractivity contribution is 0.926. The van der Waals surface area contributed by atoms with Crippen LogP contribution < -0.4 is 11.5 Å². The largest absolute Gasteiger partial charge is 0.399 e. The summed E-state index contributed by atoms with van der Waals surface area (Å²) in [5.41, 5.74) is 15.4. The standard InChI is InChI=1S/C14H15ClN2/c1-9(10-2-4-11(15)5-3-10)13-7-6-12(16)8-14(13)17/h2-9H,16-17H2,1H3. The Labute approximate surface area is 106 Å². The molecule has 0 saturated carbocycles. The van der Waals surface area contributed by atoms with Crippen molar-refractivity contribution in [3.63, 3.8) is 0 Å². The number of nitrogen functional groups attached to an aromatic ring is 2. The lowest BCUT2D eigenvalue weighted by Gasteiger charge is -2.15. The molecule has 0 aliphatic rings. The molecule has 17 heavy (non-hydrogen) atoms. The highest BCUT2D eigenvalue weighted by molar-refractivity contribution is 6.30. The smallest absolute Gasteiger partial charge is 0.0406 e. The zero-order valence-electron chi connectivity index (χ0n) is 9.65. The highest BCUT2D eigenvalue weighted by atomic mass is 35.5. The van der Waals surface area contributed by atoms with Gasteiger partial charge in [-0.05, 0) is 35.4 Å². The van der Waals surface area contributed by atoms with Crippen molar-refractivity contribution in [2.45, 2.75) is 12.8 Å². The van der Waals surface area contributed by atoms with Gasteiger partial charge in [-0.3, -0.25) is 0 Å². The third-order valence-electron chi connectivity index (χ3n) is 2.95. The Morgan fingerprint density at radius 1 is 1.00 bits per heavy atom. The molecule has 4 N–H and O–H groups in total. The minimum Gasteiger partial charge on any atom is -0.399 e. The minimum atomic E-state index is 0.230. The molecule has 0 spiro atoms. The van der Waals surface area contributed by atoms with Gasteiger partial charge in [0.25, 0.3) is 0 Å². The molecule has 2 rings (SSSR count). The van der Waals surface area contributed by atoms with Crippen molar-refractivity contribution >= 4 is 23.0 Å². The Balaban J connectivity index is 2.36. The summed E-state index contributed by atoms with van der Waals surface area (Å²) in [6.45, 7) is 2.12. The molecule has 1 atom stereocenters. The SMILES string of the molecule is CC(c1ccc(Cl)cc1)c1ccc(N)cc1N. The van der Waals surface area contributed by atoms with Crippen molar-refractivity contribution in [3.05, 3.63) is 58.6 Å². The van der Waals surface area contributed by atoms with E-state index in [0.717, 1.165) is 16.3 Å². The van der Waals surface area contributed by atoms with E-state index in [4.69, 9.17) is 23.1 Å². The van der Waals surface area contributed by atoms with Crippen molar-refractivity contribution in [2.24, 2.45) is 0 Å². The molecule has 0 saturated heterocycles. The molecule has 2 aromatic carbocycles. The Morgan fingerprint density at radius 3 is 2.24 bits per heavy atom. The Bertz CT molecular complexity index is 520. The molecule has 0 heterocycles. The normalized spacial score (nSPS) is 12.4. The quantitative estimate of drug-likeness (QED) is 0.795. The average Bonchev–Trinajstić information content (AvgIpc) is 2.29. The van der Waals surface area contributed by atoms with Crippen LogP contribution in [0.1, 0.15) is 24.0 Å². The number of halogens is 1. The van der Waals surface area contributed by atoms with E-state index >= 15 is 0 Å². The van der Waals surface area contributed by atoms with Gasteiger partial charge in [-0.15, -0.1) is 0 Å². The van der Waals surface area contributed by atoms with Gasteiger partial charge in [-0.1, -0.05) is 36.7 Å². The molecule has 0 aliphatic carbocycles. The van der Waals surface area contributed by atoms with Crippen LogP contribution in [0.4, 0.5) is 11.4 Å². The van der Waals surface area contributed by atoms with Gasteiger partial charge in [0.05, 0.1) is 0 Å². The second kappa shape index (κ2) is 4.68. The zero-order chi connectivity index (χ0) is 12.4.